The van der Waals surface area contributed by atoms with Crippen molar-refractivity contribution >= 4 is 45.7 Å². The quantitative estimate of drug-likeness (QED) is 0.0595. The van der Waals surface area contributed by atoms with Crippen LogP contribution >= 0.6 is 23.1 Å². The van der Waals surface area contributed by atoms with Crippen LogP contribution in [0.3, 0.4) is 0 Å². The summed E-state index contributed by atoms with van der Waals surface area (Å²) in [6.45, 7) is 5.96. The highest BCUT2D eigenvalue weighted by atomic mass is 32.2. The molecule has 3 aromatic carbocycles. The van der Waals surface area contributed by atoms with Gasteiger partial charge in [-0.1, -0.05) is 78.2 Å². The molecule has 8 nitrogen and oxygen atoms in total. The molecule has 212 valence electrons. The Bertz CT molecular complexity index is 1700. The first kappa shape index (κ1) is 27.7. The first-order chi connectivity index (χ1) is 20.4. The Kier molecular flexibility index (Phi) is 7.82. The molecule has 1 amide bonds. The third-order valence-electron chi connectivity index (χ3n) is 6.96. The lowest BCUT2D eigenvalue weighted by Crippen LogP contribution is -2.29. The highest BCUT2D eigenvalue weighted by Gasteiger charge is 2.48. The van der Waals surface area contributed by atoms with Crippen LogP contribution < -0.4 is 14.4 Å². The van der Waals surface area contributed by atoms with Gasteiger partial charge in [0, 0.05) is 17.7 Å². The molecule has 0 bridgehead atoms. The maximum Gasteiger partial charge on any atom is 0.301 e. The standard InChI is InChI=1S/C32H27N3O5S2/c1-3-14-39-24-11-7-10-21(17-24)27-26(28(36)22-12-13-25-23(16-22)15-19(2)40-25)29(37)30(38)35(27)31-33-34-32(42-31)41-18-20-8-5-4-6-9-20/h3-13,16-17,19,27,36H,1,14-15,18H2,2H3/b28-26+/t19-,27-/m0/s1. The Hall–Kier alpha value is -4.41. The third-order valence-corrected chi connectivity index (χ3v) is 9.09. The van der Waals surface area contributed by atoms with E-state index >= 15 is 0 Å². The number of aromatic nitrogens is 2. The van der Waals surface area contributed by atoms with E-state index in [-0.39, 0.29) is 29.2 Å². The van der Waals surface area contributed by atoms with E-state index in [0.29, 0.717) is 33.4 Å². The number of ketones is 1. The number of amides is 1. The van der Waals surface area contributed by atoms with Crippen molar-refractivity contribution in [1.29, 1.82) is 0 Å². The van der Waals surface area contributed by atoms with Crippen molar-refractivity contribution in [1.82, 2.24) is 10.2 Å². The van der Waals surface area contributed by atoms with E-state index in [9.17, 15) is 14.7 Å². The highest BCUT2D eigenvalue weighted by Crippen LogP contribution is 2.45. The number of aliphatic hydroxyl groups is 1. The molecule has 2 atom stereocenters. The van der Waals surface area contributed by atoms with Crippen molar-refractivity contribution < 1.29 is 24.2 Å². The van der Waals surface area contributed by atoms with E-state index < -0.39 is 17.7 Å². The molecule has 0 radical (unpaired) electrons. The van der Waals surface area contributed by atoms with Gasteiger partial charge in [0.25, 0.3) is 5.78 Å². The summed E-state index contributed by atoms with van der Waals surface area (Å²) in [6, 6.07) is 21.4. The Labute approximate surface area is 251 Å². The predicted molar refractivity (Wildman–Crippen MR) is 163 cm³/mol. The highest BCUT2D eigenvalue weighted by molar-refractivity contribution is 8.00. The van der Waals surface area contributed by atoms with Gasteiger partial charge in [0.2, 0.25) is 5.13 Å². The van der Waals surface area contributed by atoms with Gasteiger partial charge < -0.3 is 14.6 Å². The van der Waals surface area contributed by atoms with Crippen LogP contribution in [0, 0.1) is 0 Å². The normalized spacial score (nSPS) is 19.0. The molecule has 1 saturated heterocycles. The number of carbonyl (C=O) groups is 2. The molecule has 6 rings (SSSR count). The molecule has 1 N–H and O–H groups in total. The lowest BCUT2D eigenvalue weighted by molar-refractivity contribution is -0.132. The maximum absolute atomic E-state index is 13.6. The number of ether oxygens (including phenoxy) is 2. The zero-order valence-electron chi connectivity index (χ0n) is 22.7. The SMILES string of the molecule is C=CCOc1cccc([C@H]2/C(=C(\O)c3ccc4c(c3)C[C@H](C)O4)C(=O)C(=O)N2c2nnc(SCc3ccccc3)s2)c1. The number of Topliss-reactive ketones (excluding diaryl/α,β-unsaturated/α-hetero) is 1. The van der Waals surface area contributed by atoms with Crippen molar-refractivity contribution in [3.05, 3.63) is 113 Å². The number of rotatable bonds is 9. The van der Waals surface area contributed by atoms with Crippen LogP contribution in [0.1, 0.15) is 35.2 Å². The van der Waals surface area contributed by atoms with Gasteiger partial charge in [-0.25, -0.2) is 0 Å². The number of aliphatic hydroxyl groups excluding tert-OH is 1. The smallest absolute Gasteiger partial charge is 0.301 e. The van der Waals surface area contributed by atoms with Crippen molar-refractivity contribution in [2.75, 3.05) is 11.5 Å². The van der Waals surface area contributed by atoms with Crippen LogP contribution in [-0.2, 0) is 21.8 Å². The molecule has 42 heavy (non-hydrogen) atoms. The lowest BCUT2D eigenvalue weighted by Gasteiger charge is -2.23. The van der Waals surface area contributed by atoms with Crippen LogP contribution in [0.2, 0.25) is 0 Å². The van der Waals surface area contributed by atoms with E-state index in [2.05, 4.69) is 16.8 Å². The topological polar surface area (TPSA) is 102 Å². The Morgan fingerprint density at radius 2 is 1.98 bits per heavy atom. The molecule has 1 fully saturated rings. The van der Waals surface area contributed by atoms with Crippen molar-refractivity contribution in [2.24, 2.45) is 0 Å². The first-order valence-electron chi connectivity index (χ1n) is 13.4. The number of anilines is 1. The fourth-order valence-electron chi connectivity index (χ4n) is 5.08. The number of thioether (sulfide) groups is 1. The van der Waals surface area contributed by atoms with E-state index in [1.807, 2.05) is 43.3 Å². The van der Waals surface area contributed by atoms with E-state index in [1.54, 1.807) is 42.5 Å². The number of carbonyl (C=O) groups excluding carboxylic acids is 2. The number of benzene rings is 3. The summed E-state index contributed by atoms with van der Waals surface area (Å²) in [5.74, 6) is 0.127. The second-order valence-electron chi connectivity index (χ2n) is 9.92. The van der Waals surface area contributed by atoms with Gasteiger partial charge in [0.15, 0.2) is 4.34 Å². The summed E-state index contributed by atoms with van der Waals surface area (Å²) in [7, 11) is 0. The number of nitrogens with zero attached hydrogens (tertiary/aromatic N) is 3. The largest absolute Gasteiger partial charge is 0.507 e. The molecule has 4 aromatic rings. The van der Waals surface area contributed by atoms with Gasteiger partial charge in [-0.3, -0.25) is 14.5 Å². The lowest BCUT2D eigenvalue weighted by atomic mass is 9.94. The molecule has 3 heterocycles. The molecule has 2 aliphatic heterocycles. The summed E-state index contributed by atoms with van der Waals surface area (Å²) >= 11 is 2.72. The molecule has 1 aromatic heterocycles. The van der Waals surface area contributed by atoms with Crippen LogP contribution in [0.15, 0.2) is 95.4 Å². The average molecular weight is 598 g/mol. The molecule has 0 saturated carbocycles. The first-order valence-corrected chi connectivity index (χ1v) is 15.2. The number of hydrogen-bond donors (Lipinski definition) is 1. The molecule has 0 unspecified atom stereocenters. The Morgan fingerprint density at radius 1 is 1.14 bits per heavy atom. The minimum absolute atomic E-state index is 0.0210. The average Bonchev–Trinajstić information content (AvgIpc) is 3.70. The van der Waals surface area contributed by atoms with Gasteiger partial charge in [0.1, 0.15) is 30.0 Å². The Morgan fingerprint density at radius 3 is 2.79 bits per heavy atom. The maximum atomic E-state index is 13.6. The van der Waals surface area contributed by atoms with Crippen LogP contribution in [0.25, 0.3) is 5.76 Å². The zero-order chi connectivity index (χ0) is 29.2. The Balaban J connectivity index is 1.41. The monoisotopic (exact) mass is 597 g/mol. The molecule has 0 aliphatic carbocycles. The zero-order valence-corrected chi connectivity index (χ0v) is 24.4. The van der Waals surface area contributed by atoms with E-state index in [4.69, 9.17) is 9.47 Å². The van der Waals surface area contributed by atoms with Crippen LogP contribution in [0.4, 0.5) is 5.13 Å². The summed E-state index contributed by atoms with van der Waals surface area (Å²) in [6.07, 6.45) is 2.34. The van der Waals surface area contributed by atoms with Crippen molar-refractivity contribution in [3.63, 3.8) is 0 Å². The fourth-order valence-corrected chi connectivity index (χ4v) is 6.90. The minimum Gasteiger partial charge on any atom is -0.507 e. The minimum atomic E-state index is -0.944. The van der Waals surface area contributed by atoms with Gasteiger partial charge in [0.05, 0.1) is 11.6 Å². The molecular formula is C32H27N3O5S2. The summed E-state index contributed by atoms with van der Waals surface area (Å²) in [4.78, 5) is 28.6. The molecular weight excluding hydrogens is 571 g/mol. The van der Waals surface area contributed by atoms with Gasteiger partial charge in [-0.2, -0.15) is 0 Å². The summed E-state index contributed by atoms with van der Waals surface area (Å²) in [5, 5.41) is 20.4. The fraction of sp³-hybridized carbons (Fsp3) is 0.188. The summed E-state index contributed by atoms with van der Waals surface area (Å²) < 4.78 is 12.2. The van der Waals surface area contributed by atoms with Gasteiger partial charge in [-0.05, 0) is 53.9 Å². The number of hydrogen-bond acceptors (Lipinski definition) is 9. The van der Waals surface area contributed by atoms with Crippen molar-refractivity contribution in [3.8, 4) is 11.5 Å². The predicted octanol–water partition coefficient (Wildman–Crippen LogP) is 6.34. The second kappa shape index (κ2) is 11.8. The molecule has 0 spiro atoms. The van der Waals surface area contributed by atoms with Gasteiger partial charge >= 0.3 is 5.91 Å². The van der Waals surface area contributed by atoms with Gasteiger partial charge in [-0.15, -0.1) is 10.2 Å². The summed E-state index contributed by atoms with van der Waals surface area (Å²) in [5.41, 5.74) is 3.06. The second-order valence-corrected chi connectivity index (χ2v) is 12.1. The van der Waals surface area contributed by atoms with E-state index in [0.717, 1.165) is 16.9 Å². The van der Waals surface area contributed by atoms with Crippen molar-refractivity contribution in [2.45, 2.75) is 35.6 Å². The van der Waals surface area contributed by atoms with Crippen LogP contribution in [0.5, 0.6) is 11.5 Å². The van der Waals surface area contributed by atoms with E-state index in [1.165, 1.54) is 28.0 Å². The third kappa shape index (κ3) is 5.43. The molecule has 2 aliphatic rings. The van der Waals surface area contributed by atoms with Crippen LogP contribution in [-0.4, -0.2) is 39.7 Å². The molecule has 10 heteroatoms. The number of fused-ring (bicyclic) bond motifs is 1.